The standard InChI is InChI=1S/C17H18BrFO/c1-17(2,3)13-4-7-15(8-5-13)20-11-12-10-14(18)6-9-16(12)19/h4-10H,11H2,1-3H3. The molecule has 0 aliphatic carbocycles. The molecule has 0 aliphatic heterocycles. The summed E-state index contributed by atoms with van der Waals surface area (Å²) >= 11 is 3.33. The number of hydrogen-bond donors (Lipinski definition) is 0. The van der Waals surface area contributed by atoms with E-state index in [0.717, 1.165) is 10.2 Å². The molecule has 0 radical (unpaired) electrons. The Bertz CT molecular complexity index is 585. The topological polar surface area (TPSA) is 9.23 Å². The lowest BCUT2D eigenvalue weighted by Gasteiger charge is -2.19. The van der Waals surface area contributed by atoms with Crippen molar-refractivity contribution < 1.29 is 9.13 Å². The summed E-state index contributed by atoms with van der Waals surface area (Å²) in [5.41, 5.74) is 1.91. The number of rotatable bonds is 3. The Morgan fingerprint density at radius 2 is 1.70 bits per heavy atom. The Hall–Kier alpha value is -1.35. The quantitative estimate of drug-likeness (QED) is 0.722. The molecule has 106 valence electrons. The summed E-state index contributed by atoms with van der Waals surface area (Å²) in [4.78, 5) is 0. The van der Waals surface area contributed by atoms with Crippen molar-refractivity contribution in [3.8, 4) is 5.75 Å². The van der Waals surface area contributed by atoms with Crippen LogP contribution in [0.3, 0.4) is 0 Å². The molecule has 0 N–H and O–H groups in total. The first kappa shape index (κ1) is 15.0. The molecule has 0 aromatic heterocycles. The minimum atomic E-state index is -0.250. The van der Waals surface area contributed by atoms with Crippen molar-refractivity contribution in [2.45, 2.75) is 32.8 Å². The molecular formula is C17H18BrFO. The number of benzene rings is 2. The summed E-state index contributed by atoms with van der Waals surface area (Å²) < 4.78 is 20.1. The van der Waals surface area contributed by atoms with Gasteiger partial charge in [0.1, 0.15) is 18.2 Å². The van der Waals surface area contributed by atoms with E-state index in [1.165, 1.54) is 11.6 Å². The highest BCUT2D eigenvalue weighted by Crippen LogP contribution is 2.25. The fraction of sp³-hybridized carbons (Fsp3) is 0.294. The second-order valence-electron chi connectivity index (χ2n) is 5.80. The molecule has 0 heterocycles. The van der Waals surface area contributed by atoms with Gasteiger partial charge in [-0.15, -0.1) is 0 Å². The normalized spacial score (nSPS) is 11.4. The number of halogens is 2. The first-order valence-corrected chi connectivity index (χ1v) is 7.33. The molecule has 0 saturated carbocycles. The van der Waals surface area contributed by atoms with E-state index in [9.17, 15) is 4.39 Å². The average molecular weight is 337 g/mol. The summed E-state index contributed by atoms with van der Waals surface area (Å²) in [6, 6.07) is 12.8. The summed E-state index contributed by atoms with van der Waals surface area (Å²) in [6.45, 7) is 6.72. The molecule has 0 bridgehead atoms. The van der Waals surface area contributed by atoms with Crippen molar-refractivity contribution in [3.05, 3.63) is 63.9 Å². The fourth-order valence-corrected chi connectivity index (χ4v) is 2.27. The van der Waals surface area contributed by atoms with Gasteiger partial charge in [-0.05, 0) is 41.3 Å². The lowest BCUT2D eigenvalue weighted by molar-refractivity contribution is 0.299. The van der Waals surface area contributed by atoms with Crippen LogP contribution in [-0.4, -0.2) is 0 Å². The molecular weight excluding hydrogens is 319 g/mol. The highest BCUT2D eigenvalue weighted by Gasteiger charge is 2.13. The van der Waals surface area contributed by atoms with Crippen LogP contribution in [0, 0.1) is 5.82 Å². The van der Waals surface area contributed by atoms with E-state index in [1.54, 1.807) is 12.1 Å². The smallest absolute Gasteiger partial charge is 0.129 e. The SMILES string of the molecule is CC(C)(C)c1ccc(OCc2cc(Br)ccc2F)cc1. The van der Waals surface area contributed by atoms with Crippen LogP contribution in [0.25, 0.3) is 0 Å². The van der Waals surface area contributed by atoms with E-state index < -0.39 is 0 Å². The second kappa shape index (κ2) is 5.96. The van der Waals surface area contributed by atoms with E-state index in [4.69, 9.17) is 4.74 Å². The minimum absolute atomic E-state index is 0.120. The molecule has 20 heavy (non-hydrogen) atoms. The largest absolute Gasteiger partial charge is 0.489 e. The lowest BCUT2D eigenvalue weighted by Crippen LogP contribution is -2.10. The maximum atomic E-state index is 13.6. The Morgan fingerprint density at radius 3 is 2.30 bits per heavy atom. The van der Waals surface area contributed by atoms with Gasteiger partial charge in [0, 0.05) is 10.0 Å². The monoisotopic (exact) mass is 336 g/mol. The molecule has 1 nitrogen and oxygen atoms in total. The van der Waals surface area contributed by atoms with Gasteiger partial charge in [0.25, 0.3) is 0 Å². The van der Waals surface area contributed by atoms with Crippen LogP contribution in [0.4, 0.5) is 4.39 Å². The van der Waals surface area contributed by atoms with Crippen molar-refractivity contribution >= 4 is 15.9 Å². The lowest BCUT2D eigenvalue weighted by atomic mass is 9.87. The first-order valence-electron chi connectivity index (χ1n) is 6.53. The Morgan fingerprint density at radius 1 is 1.05 bits per heavy atom. The maximum Gasteiger partial charge on any atom is 0.129 e. The van der Waals surface area contributed by atoms with Gasteiger partial charge in [-0.25, -0.2) is 4.39 Å². The molecule has 0 atom stereocenters. The third kappa shape index (κ3) is 3.83. The zero-order chi connectivity index (χ0) is 14.8. The van der Waals surface area contributed by atoms with Crippen LogP contribution < -0.4 is 4.74 Å². The van der Waals surface area contributed by atoms with Gasteiger partial charge < -0.3 is 4.74 Å². The van der Waals surface area contributed by atoms with Gasteiger partial charge >= 0.3 is 0 Å². The zero-order valence-electron chi connectivity index (χ0n) is 11.9. The Kier molecular flexibility index (Phi) is 4.48. The van der Waals surface area contributed by atoms with Crippen LogP contribution in [0.2, 0.25) is 0 Å². The van der Waals surface area contributed by atoms with E-state index in [1.807, 2.05) is 24.3 Å². The van der Waals surface area contributed by atoms with Crippen LogP contribution in [0.15, 0.2) is 46.9 Å². The summed E-state index contributed by atoms with van der Waals surface area (Å²) in [6.07, 6.45) is 0. The van der Waals surface area contributed by atoms with Crippen LogP contribution in [0.1, 0.15) is 31.9 Å². The summed E-state index contributed by atoms with van der Waals surface area (Å²) in [5, 5.41) is 0. The maximum absolute atomic E-state index is 13.6. The third-order valence-corrected chi connectivity index (χ3v) is 3.62. The molecule has 2 aromatic carbocycles. The molecule has 0 saturated heterocycles. The van der Waals surface area contributed by atoms with E-state index in [2.05, 4.69) is 36.7 Å². The van der Waals surface area contributed by atoms with E-state index >= 15 is 0 Å². The molecule has 0 amide bonds. The number of hydrogen-bond acceptors (Lipinski definition) is 1. The Labute approximate surface area is 127 Å². The third-order valence-electron chi connectivity index (χ3n) is 3.12. The highest BCUT2D eigenvalue weighted by atomic mass is 79.9. The van der Waals surface area contributed by atoms with Gasteiger partial charge in [-0.2, -0.15) is 0 Å². The second-order valence-corrected chi connectivity index (χ2v) is 6.71. The van der Waals surface area contributed by atoms with Crippen molar-refractivity contribution in [2.75, 3.05) is 0 Å². The van der Waals surface area contributed by atoms with Crippen molar-refractivity contribution in [1.29, 1.82) is 0 Å². The summed E-state index contributed by atoms with van der Waals surface area (Å²) in [5.74, 6) is 0.497. The van der Waals surface area contributed by atoms with Crippen molar-refractivity contribution in [3.63, 3.8) is 0 Å². The molecule has 2 aromatic rings. The summed E-state index contributed by atoms with van der Waals surface area (Å²) in [7, 11) is 0. The zero-order valence-corrected chi connectivity index (χ0v) is 13.5. The molecule has 0 spiro atoms. The van der Waals surface area contributed by atoms with Gasteiger partial charge in [0.2, 0.25) is 0 Å². The average Bonchev–Trinajstić information content (AvgIpc) is 2.39. The molecule has 2 rings (SSSR count). The van der Waals surface area contributed by atoms with Crippen LogP contribution >= 0.6 is 15.9 Å². The van der Waals surface area contributed by atoms with E-state index in [0.29, 0.717) is 5.56 Å². The molecule has 0 fully saturated rings. The van der Waals surface area contributed by atoms with Gasteiger partial charge in [-0.3, -0.25) is 0 Å². The van der Waals surface area contributed by atoms with Crippen molar-refractivity contribution in [1.82, 2.24) is 0 Å². The predicted octanol–water partition coefficient (Wildman–Crippen LogP) is 5.46. The van der Waals surface area contributed by atoms with Crippen LogP contribution in [0.5, 0.6) is 5.75 Å². The van der Waals surface area contributed by atoms with Crippen molar-refractivity contribution in [2.24, 2.45) is 0 Å². The van der Waals surface area contributed by atoms with E-state index in [-0.39, 0.29) is 17.8 Å². The minimum Gasteiger partial charge on any atom is -0.489 e. The molecule has 0 aliphatic rings. The molecule has 0 unspecified atom stereocenters. The van der Waals surface area contributed by atoms with Gasteiger partial charge in [0.15, 0.2) is 0 Å². The van der Waals surface area contributed by atoms with Crippen LogP contribution in [-0.2, 0) is 12.0 Å². The van der Waals surface area contributed by atoms with Gasteiger partial charge in [-0.1, -0.05) is 48.8 Å². The predicted molar refractivity (Wildman–Crippen MR) is 83.6 cm³/mol. The highest BCUT2D eigenvalue weighted by molar-refractivity contribution is 9.10. The first-order chi connectivity index (χ1) is 9.36. The molecule has 3 heteroatoms. The fourth-order valence-electron chi connectivity index (χ4n) is 1.87. The Balaban J connectivity index is 2.06. The number of ether oxygens (including phenoxy) is 1. The van der Waals surface area contributed by atoms with Gasteiger partial charge in [0.05, 0.1) is 0 Å².